The third kappa shape index (κ3) is 5.24. The highest BCUT2D eigenvalue weighted by molar-refractivity contribution is 7.89. The van der Waals surface area contributed by atoms with Crippen LogP contribution in [0.15, 0.2) is 29.2 Å². The van der Waals surface area contributed by atoms with Gasteiger partial charge in [0.2, 0.25) is 10.0 Å². The van der Waals surface area contributed by atoms with Crippen LogP contribution in [0.25, 0.3) is 0 Å². The molecule has 1 saturated heterocycles. The fraction of sp³-hybridized carbons (Fsp3) is 0.600. The zero-order valence-corrected chi connectivity index (χ0v) is 13.9. The first-order valence-corrected chi connectivity index (χ1v) is 9.02. The van der Waals surface area contributed by atoms with Crippen LogP contribution >= 0.6 is 0 Å². The van der Waals surface area contributed by atoms with Crippen molar-refractivity contribution < 1.29 is 17.9 Å². The number of benzene rings is 1. The van der Waals surface area contributed by atoms with Gasteiger partial charge >= 0.3 is 0 Å². The minimum Gasteiger partial charge on any atom is -0.491 e. The van der Waals surface area contributed by atoms with Gasteiger partial charge in [-0.2, -0.15) is 0 Å². The van der Waals surface area contributed by atoms with E-state index in [1.807, 2.05) is 13.8 Å². The molecule has 1 aromatic rings. The van der Waals surface area contributed by atoms with Gasteiger partial charge < -0.3 is 9.47 Å². The first-order chi connectivity index (χ1) is 10.5. The molecule has 124 valence electrons. The van der Waals surface area contributed by atoms with Crippen molar-refractivity contribution in [1.29, 1.82) is 0 Å². The van der Waals surface area contributed by atoms with Crippen LogP contribution in [0.2, 0.25) is 0 Å². The summed E-state index contributed by atoms with van der Waals surface area (Å²) in [6.07, 6.45) is 0.0640. The summed E-state index contributed by atoms with van der Waals surface area (Å²) in [5.74, 6) is 0.669. The molecule has 0 spiro atoms. The molecule has 1 fully saturated rings. The van der Waals surface area contributed by atoms with Crippen molar-refractivity contribution in [2.24, 2.45) is 0 Å². The van der Waals surface area contributed by atoms with Gasteiger partial charge in [-0.05, 0) is 38.1 Å². The third-order valence-corrected chi connectivity index (χ3v) is 4.81. The molecule has 0 bridgehead atoms. The summed E-state index contributed by atoms with van der Waals surface area (Å²) in [6, 6.07) is 6.48. The van der Waals surface area contributed by atoms with Crippen molar-refractivity contribution in [3.05, 3.63) is 24.3 Å². The average Bonchev–Trinajstić information content (AvgIpc) is 2.48. The Labute approximate surface area is 132 Å². The molecule has 1 aliphatic rings. The second-order valence-corrected chi connectivity index (χ2v) is 7.26. The molecule has 0 aliphatic carbocycles. The van der Waals surface area contributed by atoms with E-state index in [-0.39, 0.29) is 11.0 Å². The molecule has 1 N–H and O–H groups in total. The fourth-order valence-corrected chi connectivity index (χ4v) is 3.24. The monoisotopic (exact) mass is 328 g/mol. The lowest BCUT2D eigenvalue weighted by atomic mass is 10.3. The summed E-state index contributed by atoms with van der Waals surface area (Å²) in [5.41, 5.74) is 0. The first kappa shape index (κ1) is 17.2. The summed E-state index contributed by atoms with van der Waals surface area (Å²) in [5, 5.41) is 0. The van der Waals surface area contributed by atoms with E-state index in [2.05, 4.69) is 9.62 Å². The van der Waals surface area contributed by atoms with Gasteiger partial charge in [0.1, 0.15) is 5.75 Å². The molecule has 1 aromatic carbocycles. The summed E-state index contributed by atoms with van der Waals surface area (Å²) in [7, 11) is -3.47. The van der Waals surface area contributed by atoms with Crippen LogP contribution in [0.1, 0.15) is 13.8 Å². The number of ether oxygens (including phenoxy) is 2. The highest BCUT2D eigenvalue weighted by Crippen LogP contribution is 2.16. The molecule has 1 heterocycles. The van der Waals surface area contributed by atoms with E-state index in [0.717, 1.165) is 13.1 Å². The van der Waals surface area contributed by atoms with Gasteiger partial charge in [0.25, 0.3) is 0 Å². The van der Waals surface area contributed by atoms with Crippen molar-refractivity contribution in [3.63, 3.8) is 0 Å². The molecule has 6 nitrogen and oxygen atoms in total. The van der Waals surface area contributed by atoms with E-state index >= 15 is 0 Å². The molecule has 0 amide bonds. The molecular formula is C15H24N2O4S. The highest BCUT2D eigenvalue weighted by atomic mass is 32.2. The summed E-state index contributed by atoms with van der Waals surface area (Å²) < 4.78 is 37.8. The van der Waals surface area contributed by atoms with Crippen LogP contribution < -0.4 is 9.46 Å². The Balaban J connectivity index is 1.86. The van der Waals surface area contributed by atoms with Gasteiger partial charge in [0.15, 0.2) is 0 Å². The lowest BCUT2D eigenvalue weighted by molar-refractivity contribution is 0.0390. The quantitative estimate of drug-likeness (QED) is 0.811. The number of sulfonamides is 1. The Kier molecular flexibility index (Phi) is 6.19. The van der Waals surface area contributed by atoms with Crippen LogP contribution in [0, 0.1) is 0 Å². The second kappa shape index (κ2) is 7.92. The van der Waals surface area contributed by atoms with Gasteiger partial charge in [-0.25, -0.2) is 13.1 Å². The van der Waals surface area contributed by atoms with Crippen LogP contribution in [0.4, 0.5) is 0 Å². The molecule has 0 radical (unpaired) electrons. The van der Waals surface area contributed by atoms with Crippen molar-refractivity contribution in [2.45, 2.75) is 24.8 Å². The smallest absolute Gasteiger partial charge is 0.240 e. The molecule has 2 rings (SSSR count). The number of nitrogens with one attached hydrogen (secondary N) is 1. The number of morpholine rings is 1. The molecule has 7 heteroatoms. The van der Waals surface area contributed by atoms with Crippen molar-refractivity contribution in [3.8, 4) is 5.75 Å². The van der Waals surface area contributed by atoms with E-state index in [9.17, 15) is 8.42 Å². The Hall–Kier alpha value is -1.15. The van der Waals surface area contributed by atoms with Crippen LogP contribution in [0.5, 0.6) is 5.75 Å². The predicted octanol–water partition coefficient (Wildman–Crippen LogP) is 1.08. The Morgan fingerprint density at radius 3 is 2.45 bits per heavy atom. The molecular weight excluding hydrogens is 304 g/mol. The standard InChI is InChI=1S/C15H24N2O4S/c1-13(2)21-14-3-5-15(6-4-14)22(18,19)16-7-8-17-9-11-20-12-10-17/h3-6,13,16H,7-12H2,1-2H3. The number of rotatable bonds is 7. The van der Waals surface area contributed by atoms with Gasteiger partial charge in [0, 0.05) is 26.2 Å². The van der Waals surface area contributed by atoms with E-state index in [1.54, 1.807) is 24.3 Å². The van der Waals surface area contributed by atoms with Crippen molar-refractivity contribution in [2.75, 3.05) is 39.4 Å². The first-order valence-electron chi connectivity index (χ1n) is 7.54. The average molecular weight is 328 g/mol. The summed E-state index contributed by atoms with van der Waals surface area (Å²) >= 11 is 0. The molecule has 0 unspecified atom stereocenters. The molecule has 22 heavy (non-hydrogen) atoms. The fourth-order valence-electron chi connectivity index (χ4n) is 2.22. The lowest BCUT2D eigenvalue weighted by Gasteiger charge is -2.26. The predicted molar refractivity (Wildman–Crippen MR) is 84.7 cm³/mol. The SMILES string of the molecule is CC(C)Oc1ccc(S(=O)(=O)NCCN2CCOCC2)cc1. The van der Waals surface area contributed by atoms with Gasteiger partial charge in [-0.1, -0.05) is 0 Å². The number of hydrogen-bond donors (Lipinski definition) is 1. The number of nitrogens with zero attached hydrogens (tertiary/aromatic N) is 1. The second-order valence-electron chi connectivity index (χ2n) is 5.49. The zero-order valence-electron chi connectivity index (χ0n) is 13.1. The highest BCUT2D eigenvalue weighted by Gasteiger charge is 2.15. The molecule has 0 saturated carbocycles. The normalized spacial score (nSPS) is 16.9. The van der Waals surface area contributed by atoms with E-state index in [4.69, 9.17) is 9.47 Å². The van der Waals surface area contributed by atoms with Crippen LogP contribution in [0.3, 0.4) is 0 Å². The Morgan fingerprint density at radius 1 is 1.23 bits per heavy atom. The summed E-state index contributed by atoms with van der Waals surface area (Å²) in [4.78, 5) is 2.44. The Bertz CT molecular complexity index is 551. The molecule has 0 atom stereocenters. The van der Waals surface area contributed by atoms with E-state index < -0.39 is 10.0 Å². The summed E-state index contributed by atoms with van der Waals surface area (Å²) in [6.45, 7) is 8.07. The maximum absolute atomic E-state index is 12.2. The van der Waals surface area contributed by atoms with Gasteiger partial charge in [-0.15, -0.1) is 0 Å². The van der Waals surface area contributed by atoms with E-state index in [0.29, 0.717) is 32.1 Å². The maximum Gasteiger partial charge on any atom is 0.240 e. The Morgan fingerprint density at radius 2 is 1.86 bits per heavy atom. The largest absolute Gasteiger partial charge is 0.491 e. The lowest BCUT2D eigenvalue weighted by Crippen LogP contribution is -2.41. The molecule has 1 aliphatic heterocycles. The number of hydrogen-bond acceptors (Lipinski definition) is 5. The van der Waals surface area contributed by atoms with E-state index in [1.165, 1.54) is 0 Å². The minimum absolute atomic E-state index is 0.0640. The molecule has 0 aromatic heterocycles. The van der Waals surface area contributed by atoms with Crippen molar-refractivity contribution in [1.82, 2.24) is 9.62 Å². The third-order valence-electron chi connectivity index (χ3n) is 3.33. The van der Waals surface area contributed by atoms with Crippen molar-refractivity contribution >= 4 is 10.0 Å². The van der Waals surface area contributed by atoms with Crippen LogP contribution in [-0.4, -0.2) is 58.8 Å². The van der Waals surface area contributed by atoms with Crippen LogP contribution in [-0.2, 0) is 14.8 Å². The van der Waals surface area contributed by atoms with Gasteiger partial charge in [0.05, 0.1) is 24.2 Å². The zero-order chi connectivity index (χ0) is 16.0. The minimum atomic E-state index is -3.47. The maximum atomic E-state index is 12.2. The van der Waals surface area contributed by atoms with Gasteiger partial charge in [-0.3, -0.25) is 4.90 Å². The topological polar surface area (TPSA) is 67.9 Å².